The van der Waals surface area contributed by atoms with Crippen molar-refractivity contribution in [3.63, 3.8) is 0 Å². The first-order valence-electron chi connectivity index (χ1n) is 6.79. The molecule has 7 nitrogen and oxygen atoms in total. The molecule has 1 heterocycles. The van der Waals surface area contributed by atoms with E-state index < -0.39 is 4.92 Å². The van der Waals surface area contributed by atoms with Crippen LogP contribution in [0.25, 0.3) is 0 Å². The number of carbonyl (C=O) groups is 2. The predicted molar refractivity (Wildman–Crippen MR) is 80.3 cm³/mol. The second kappa shape index (κ2) is 5.53. The van der Waals surface area contributed by atoms with E-state index >= 15 is 0 Å². The lowest BCUT2D eigenvalue weighted by Gasteiger charge is -2.14. The summed E-state index contributed by atoms with van der Waals surface area (Å²) in [6.45, 7) is 0.0285. The van der Waals surface area contributed by atoms with Crippen molar-refractivity contribution >= 4 is 17.5 Å². The number of hydrogen-bond donors (Lipinski definition) is 0. The van der Waals surface area contributed by atoms with E-state index in [4.69, 9.17) is 4.74 Å². The molecule has 2 aromatic rings. The average molecular weight is 312 g/mol. The molecule has 0 radical (unpaired) electrons. The molecular formula is C16H12N2O5. The maximum atomic E-state index is 12.3. The number of nitro groups is 1. The molecule has 0 aromatic heterocycles. The number of fused-ring (bicyclic) bond motifs is 1. The number of methoxy groups -OCH3 is 1. The highest BCUT2D eigenvalue weighted by Gasteiger charge is 2.35. The van der Waals surface area contributed by atoms with Gasteiger partial charge in [-0.25, -0.2) is 0 Å². The van der Waals surface area contributed by atoms with Crippen LogP contribution in [-0.4, -0.2) is 28.7 Å². The Morgan fingerprint density at radius 3 is 2.22 bits per heavy atom. The first-order valence-corrected chi connectivity index (χ1v) is 6.79. The van der Waals surface area contributed by atoms with Crippen molar-refractivity contribution < 1.29 is 19.2 Å². The number of amides is 2. The minimum Gasteiger partial charge on any atom is -0.490 e. The van der Waals surface area contributed by atoms with Gasteiger partial charge in [0.1, 0.15) is 0 Å². The van der Waals surface area contributed by atoms with Gasteiger partial charge in [0.15, 0.2) is 5.75 Å². The normalized spacial score (nSPS) is 13.2. The van der Waals surface area contributed by atoms with Crippen LogP contribution in [-0.2, 0) is 6.54 Å². The van der Waals surface area contributed by atoms with Gasteiger partial charge in [0.05, 0.1) is 29.7 Å². The molecule has 2 aromatic carbocycles. The Morgan fingerprint density at radius 2 is 1.70 bits per heavy atom. The van der Waals surface area contributed by atoms with Crippen molar-refractivity contribution in [2.75, 3.05) is 7.11 Å². The Morgan fingerprint density at radius 1 is 1.09 bits per heavy atom. The highest BCUT2D eigenvalue weighted by atomic mass is 16.6. The van der Waals surface area contributed by atoms with E-state index in [-0.39, 0.29) is 29.8 Å². The molecule has 0 bridgehead atoms. The molecular weight excluding hydrogens is 300 g/mol. The fourth-order valence-electron chi connectivity index (χ4n) is 2.54. The van der Waals surface area contributed by atoms with Gasteiger partial charge in [0, 0.05) is 6.07 Å². The number of rotatable bonds is 4. The summed E-state index contributed by atoms with van der Waals surface area (Å²) in [6.07, 6.45) is 0. The maximum absolute atomic E-state index is 12.3. The minimum absolute atomic E-state index is 0.0285. The van der Waals surface area contributed by atoms with Gasteiger partial charge in [-0.2, -0.15) is 0 Å². The van der Waals surface area contributed by atoms with Crippen molar-refractivity contribution in [3.05, 3.63) is 69.3 Å². The van der Waals surface area contributed by atoms with Crippen LogP contribution in [0, 0.1) is 10.1 Å². The molecule has 23 heavy (non-hydrogen) atoms. The standard InChI is InChI=1S/C16H12N2O5/c1-23-14-8-10(6-7-13(14)18(21)22)9-17-15(19)11-4-2-3-5-12(11)16(17)20/h2-8H,9H2,1H3. The summed E-state index contributed by atoms with van der Waals surface area (Å²) < 4.78 is 5.00. The fourth-order valence-corrected chi connectivity index (χ4v) is 2.54. The van der Waals surface area contributed by atoms with E-state index in [9.17, 15) is 19.7 Å². The zero-order valence-electron chi connectivity index (χ0n) is 12.2. The average Bonchev–Trinajstić information content (AvgIpc) is 2.80. The van der Waals surface area contributed by atoms with Crippen LogP contribution in [0.3, 0.4) is 0 Å². The molecule has 116 valence electrons. The molecule has 0 saturated carbocycles. The minimum atomic E-state index is -0.551. The Kier molecular flexibility index (Phi) is 3.53. The SMILES string of the molecule is COc1cc(CN2C(=O)c3ccccc3C2=O)ccc1[N+](=O)[O-]. The number of imide groups is 1. The lowest BCUT2D eigenvalue weighted by atomic mass is 10.1. The van der Waals surface area contributed by atoms with Crippen molar-refractivity contribution in [1.29, 1.82) is 0 Å². The van der Waals surface area contributed by atoms with Crippen LogP contribution >= 0.6 is 0 Å². The van der Waals surface area contributed by atoms with E-state index in [0.717, 1.165) is 4.90 Å². The number of benzene rings is 2. The molecule has 1 aliphatic heterocycles. The number of nitro benzene ring substituents is 1. The highest BCUT2D eigenvalue weighted by Crippen LogP contribution is 2.30. The van der Waals surface area contributed by atoms with Gasteiger partial charge in [0.2, 0.25) is 0 Å². The lowest BCUT2D eigenvalue weighted by molar-refractivity contribution is -0.385. The van der Waals surface area contributed by atoms with Crippen molar-refractivity contribution in [1.82, 2.24) is 4.90 Å². The first kappa shape index (κ1) is 14.7. The maximum Gasteiger partial charge on any atom is 0.310 e. The zero-order valence-corrected chi connectivity index (χ0v) is 12.2. The highest BCUT2D eigenvalue weighted by molar-refractivity contribution is 6.21. The van der Waals surface area contributed by atoms with Gasteiger partial charge < -0.3 is 4.74 Å². The second-order valence-electron chi connectivity index (χ2n) is 5.01. The molecule has 0 N–H and O–H groups in total. The van der Waals surface area contributed by atoms with Gasteiger partial charge in [-0.3, -0.25) is 24.6 Å². The van der Waals surface area contributed by atoms with Gasteiger partial charge in [-0.15, -0.1) is 0 Å². The van der Waals surface area contributed by atoms with Crippen LogP contribution in [0.1, 0.15) is 26.3 Å². The number of ether oxygens (including phenoxy) is 1. The smallest absolute Gasteiger partial charge is 0.310 e. The lowest BCUT2D eigenvalue weighted by Crippen LogP contribution is -2.29. The Balaban J connectivity index is 1.90. The van der Waals surface area contributed by atoms with Crippen LogP contribution in [0.15, 0.2) is 42.5 Å². The van der Waals surface area contributed by atoms with Gasteiger partial charge in [0.25, 0.3) is 11.8 Å². The summed E-state index contributed by atoms with van der Waals surface area (Å²) in [6, 6.07) is 10.9. The fraction of sp³-hybridized carbons (Fsp3) is 0.125. The van der Waals surface area contributed by atoms with Crippen molar-refractivity contribution in [2.45, 2.75) is 6.54 Å². The molecule has 0 fully saturated rings. The van der Waals surface area contributed by atoms with E-state index in [1.165, 1.54) is 25.3 Å². The van der Waals surface area contributed by atoms with E-state index in [0.29, 0.717) is 16.7 Å². The summed E-state index contributed by atoms with van der Waals surface area (Å²) in [5.41, 5.74) is 1.14. The zero-order chi connectivity index (χ0) is 16.6. The van der Waals surface area contributed by atoms with Crippen LogP contribution in [0.4, 0.5) is 5.69 Å². The molecule has 7 heteroatoms. The van der Waals surface area contributed by atoms with Crippen LogP contribution < -0.4 is 4.74 Å². The molecule has 3 rings (SSSR count). The number of carbonyl (C=O) groups excluding carboxylic acids is 2. The second-order valence-corrected chi connectivity index (χ2v) is 5.01. The van der Waals surface area contributed by atoms with E-state index in [1.54, 1.807) is 24.3 Å². The summed E-state index contributed by atoms with van der Waals surface area (Å²) in [5, 5.41) is 10.9. The Bertz CT molecular complexity index is 796. The third-order valence-electron chi connectivity index (χ3n) is 3.66. The first-order chi connectivity index (χ1) is 11.0. The number of nitrogens with zero attached hydrogens (tertiary/aromatic N) is 2. The quantitative estimate of drug-likeness (QED) is 0.491. The summed E-state index contributed by atoms with van der Waals surface area (Å²) >= 11 is 0. The summed E-state index contributed by atoms with van der Waals surface area (Å²) in [4.78, 5) is 36.1. The molecule has 0 saturated heterocycles. The third-order valence-corrected chi connectivity index (χ3v) is 3.66. The number of hydrogen-bond acceptors (Lipinski definition) is 5. The van der Waals surface area contributed by atoms with Gasteiger partial charge >= 0.3 is 5.69 Å². The molecule has 0 unspecified atom stereocenters. The molecule has 0 spiro atoms. The van der Waals surface area contributed by atoms with E-state index in [1.807, 2.05) is 0 Å². The topological polar surface area (TPSA) is 89.8 Å². The molecule has 0 atom stereocenters. The van der Waals surface area contributed by atoms with Crippen molar-refractivity contribution in [2.24, 2.45) is 0 Å². The van der Waals surface area contributed by atoms with Gasteiger partial charge in [-0.1, -0.05) is 18.2 Å². The van der Waals surface area contributed by atoms with Crippen LogP contribution in [0.2, 0.25) is 0 Å². The van der Waals surface area contributed by atoms with E-state index in [2.05, 4.69) is 0 Å². The molecule has 1 aliphatic rings. The molecule has 0 aliphatic carbocycles. The largest absolute Gasteiger partial charge is 0.490 e. The Labute approximate surface area is 131 Å². The molecule has 2 amide bonds. The Hall–Kier alpha value is -3.22. The third kappa shape index (κ3) is 2.42. The summed E-state index contributed by atoms with van der Waals surface area (Å²) in [7, 11) is 1.33. The van der Waals surface area contributed by atoms with Gasteiger partial charge in [-0.05, 0) is 23.8 Å². The van der Waals surface area contributed by atoms with Crippen molar-refractivity contribution in [3.8, 4) is 5.75 Å². The predicted octanol–water partition coefficient (Wildman–Crippen LogP) is 2.40. The summed E-state index contributed by atoms with van der Waals surface area (Å²) in [5.74, 6) is -0.657. The monoisotopic (exact) mass is 312 g/mol. The van der Waals surface area contributed by atoms with Crippen LogP contribution in [0.5, 0.6) is 5.75 Å².